The fraction of sp³-hybridized carbons (Fsp3) is 0. The summed E-state index contributed by atoms with van der Waals surface area (Å²) in [6, 6.07) is 11.4. The van der Waals surface area contributed by atoms with E-state index in [9.17, 15) is 5.26 Å². The Bertz CT molecular complexity index is 1150. The standard InChI is InChI=1S/C17H9N7S/c18-5-12-9-22-24-10-11(13-7-20-21-8-13)4-15(17(12)24)25-16-3-1-2-14(6-19)23-16/h1-4,7-10H,(H,20,21). The van der Waals surface area contributed by atoms with Gasteiger partial charge in [-0.3, -0.25) is 5.10 Å². The summed E-state index contributed by atoms with van der Waals surface area (Å²) in [5.74, 6) is 0. The van der Waals surface area contributed by atoms with E-state index in [1.807, 2.05) is 24.4 Å². The molecule has 0 aliphatic heterocycles. The molecule has 4 aromatic rings. The smallest absolute Gasteiger partial charge is 0.141 e. The lowest BCUT2D eigenvalue weighted by molar-refractivity contribution is 0.951. The normalized spacial score (nSPS) is 10.5. The molecule has 4 aromatic heterocycles. The van der Waals surface area contributed by atoms with Crippen molar-refractivity contribution in [3.05, 3.63) is 60.3 Å². The number of aromatic nitrogens is 5. The maximum atomic E-state index is 9.36. The maximum absolute atomic E-state index is 9.36. The van der Waals surface area contributed by atoms with Crippen LogP contribution in [0.2, 0.25) is 0 Å². The van der Waals surface area contributed by atoms with E-state index in [1.54, 1.807) is 29.0 Å². The first-order valence-corrected chi connectivity index (χ1v) is 8.06. The Morgan fingerprint density at radius 2 is 2.04 bits per heavy atom. The highest BCUT2D eigenvalue weighted by Crippen LogP contribution is 2.34. The summed E-state index contributed by atoms with van der Waals surface area (Å²) in [6.45, 7) is 0. The second-order valence-electron chi connectivity index (χ2n) is 5.12. The molecule has 0 radical (unpaired) electrons. The van der Waals surface area contributed by atoms with Gasteiger partial charge in [0, 0.05) is 28.4 Å². The number of nitriles is 2. The van der Waals surface area contributed by atoms with E-state index >= 15 is 0 Å². The number of pyridine rings is 2. The largest absolute Gasteiger partial charge is 0.285 e. The van der Waals surface area contributed by atoms with Crippen LogP contribution in [0.25, 0.3) is 16.6 Å². The quantitative estimate of drug-likeness (QED) is 0.613. The van der Waals surface area contributed by atoms with E-state index in [0.29, 0.717) is 21.8 Å². The zero-order valence-corrected chi connectivity index (χ0v) is 13.5. The van der Waals surface area contributed by atoms with Crippen LogP contribution >= 0.6 is 11.8 Å². The Hall–Kier alpha value is -3.62. The molecule has 0 fully saturated rings. The van der Waals surface area contributed by atoms with E-state index in [1.165, 1.54) is 18.0 Å². The van der Waals surface area contributed by atoms with Gasteiger partial charge in [-0.2, -0.15) is 20.7 Å². The van der Waals surface area contributed by atoms with Gasteiger partial charge in [0.05, 0.1) is 23.5 Å². The van der Waals surface area contributed by atoms with Crippen molar-refractivity contribution in [1.29, 1.82) is 10.5 Å². The van der Waals surface area contributed by atoms with Gasteiger partial charge >= 0.3 is 0 Å². The van der Waals surface area contributed by atoms with Crippen molar-refractivity contribution in [3.63, 3.8) is 0 Å². The van der Waals surface area contributed by atoms with Gasteiger partial charge in [-0.15, -0.1) is 0 Å². The average molecular weight is 343 g/mol. The topological polar surface area (TPSA) is 106 Å². The number of fused-ring (bicyclic) bond motifs is 1. The number of aromatic amines is 1. The summed E-state index contributed by atoms with van der Waals surface area (Å²) in [5.41, 5.74) is 3.37. The number of hydrogen-bond acceptors (Lipinski definition) is 6. The Morgan fingerprint density at radius 3 is 2.80 bits per heavy atom. The molecule has 0 aliphatic rings. The molecule has 7 nitrogen and oxygen atoms in total. The van der Waals surface area contributed by atoms with Crippen LogP contribution in [-0.4, -0.2) is 24.8 Å². The van der Waals surface area contributed by atoms with Gasteiger partial charge in [-0.1, -0.05) is 17.8 Å². The SMILES string of the molecule is N#Cc1cccc(Sc2cc(-c3cn[nH]c3)cn3ncc(C#N)c23)n1. The van der Waals surface area contributed by atoms with Crippen LogP contribution in [0.5, 0.6) is 0 Å². The predicted molar refractivity (Wildman–Crippen MR) is 90.6 cm³/mol. The molecule has 0 unspecified atom stereocenters. The van der Waals surface area contributed by atoms with Crippen molar-refractivity contribution in [2.75, 3.05) is 0 Å². The lowest BCUT2D eigenvalue weighted by atomic mass is 10.1. The van der Waals surface area contributed by atoms with Crippen LogP contribution in [0.1, 0.15) is 11.3 Å². The first-order chi connectivity index (χ1) is 12.3. The van der Waals surface area contributed by atoms with Gasteiger partial charge in [0.25, 0.3) is 0 Å². The highest BCUT2D eigenvalue weighted by molar-refractivity contribution is 7.99. The molecule has 0 bridgehead atoms. The first kappa shape index (κ1) is 14.9. The number of nitrogens with zero attached hydrogens (tertiary/aromatic N) is 6. The molecule has 8 heteroatoms. The Balaban J connectivity index is 1.89. The number of H-pyrrole nitrogens is 1. The summed E-state index contributed by atoms with van der Waals surface area (Å²) in [6.07, 6.45) is 6.90. The minimum atomic E-state index is 0.348. The number of rotatable bonds is 3. The van der Waals surface area contributed by atoms with Gasteiger partial charge < -0.3 is 0 Å². The van der Waals surface area contributed by atoms with Gasteiger partial charge in [0.15, 0.2) is 0 Å². The molecule has 0 atom stereocenters. The third-order valence-corrected chi connectivity index (χ3v) is 4.55. The van der Waals surface area contributed by atoms with Crippen LogP contribution in [-0.2, 0) is 0 Å². The Morgan fingerprint density at radius 1 is 1.12 bits per heavy atom. The fourth-order valence-electron chi connectivity index (χ4n) is 2.46. The van der Waals surface area contributed by atoms with Crippen LogP contribution in [0.15, 0.2) is 59.0 Å². The fourth-order valence-corrected chi connectivity index (χ4v) is 3.46. The molecule has 0 saturated heterocycles. The average Bonchev–Trinajstić information content (AvgIpc) is 3.31. The zero-order chi connectivity index (χ0) is 17.2. The van der Waals surface area contributed by atoms with Gasteiger partial charge in [-0.05, 0) is 18.2 Å². The monoisotopic (exact) mass is 343 g/mol. The third kappa shape index (κ3) is 2.71. The molecule has 0 aliphatic carbocycles. The minimum absolute atomic E-state index is 0.348. The molecular formula is C17H9N7S. The van der Waals surface area contributed by atoms with Crippen molar-refractivity contribution in [3.8, 4) is 23.3 Å². The molecular weight excluding hydrogens is 334 g/mol. The lowest BCUT2D eigenvalue weighted by Gasteiger charge is -2.07. The van der Waals surface area contributed by atoms with Crippen LogP contribution < -0.4 is 0 Å². The predicted octanol–water partition coefficient (Wildman–Crippen LogP) is 3.01. The summed E-state index contributed by atoms with van der Waals surface area (Å²) in [4.78, 5) is 5.13. The van der Waals surface area contributed by atoms with Crippen molar-refractivity contribution in [2.45, 2.75) is 9.92 Å². The first-order valence-electron chi connectivity index (χ1n) is 7.24. The number of hydrogen-bond donors (Lipinski definition) is 1. The summed E-state index contributed by atoms with van der Waals surface area (Å²) >= 11 is 1.39. The molecule has 0 amide bonds. The number of nitrogens with one attached hydrogen (secondary N) is 1. The minimum Gasteiger partial charge on any atom is -0.285 e. The van der Waals surface area contributed by atoms with E-state index in [4.69, 9.17) is 5.26 Å². The highest BCUT2D eigenvalue weighted by Gasteiger charge is 2.14. The highest BCUT2D eigenvalue weighted by atomic mass is 32.2. The Labute approximate surface area is 146 Å². The van der Waals surface area contributed by atoms with Crippen LogP contribution in [0.4, 0.5) is 0 Å². The van der Waals surface area contributed by atoms with Gasteiger partial charge in [0.1, 0.15) is 22.9 Å². The molecule has 1 N–H and O–H groups in total. The van der Waals surface area contributed by atoms with E-state index < -0.39 is 0 Å². The molecule has 0 saturated carbocycles. The summed E-state index contributed by atoms with van der Waals surface area (Å²) in [5, 5.41) is 30.1. The van der Waals surface area contributed by atoms with E-state index in [0.717, 1.165) is 16.0 Å². The van der Waals surface area contributed by atoms with E-state index in [2.05, 4.69) is 26.3 Å². The molecule has 4 heterocycles. The van der Waals surface area contributed by atoms with Crippen LogP contribution in [0, 0.1) is 22.7 Å². The summed E-state index contributed by atoms with van der Waals surface area (Å²) < 4.78 is 1.68. The van der Waals surface area contributed by atoms with Gasteiger partial charge in [0.2, 0.25) is 0 Å². The summed E-state index contributed by atoms with van der Waals surface area (Å²) in [7, 11) is 0. The van der Waals surface area contributed by atoms with Gasteiger partial charge in [-0.25, -0.2) is 9.50 Å². The van der Waals surface area contributed by atoms with Crippen LogP contribution in [0.3, 0.4) is 0 Å². The Kier molecular flexibility index (Phi) is 3.65. The molecule has 0 spiro atoms. The van der Waals surface area contributed by atoms with Crippen molar-refractivity contribution < 1.29 is 0 Å². The molecule has 4 rings (SSSR count). The third-order valence-electron chi connectivity index (χ3n) is 3.58. The molecule has 118 valence electrons. The second kappa shape index (κ2) is 6.11. The van der Waals surface area contributed by atoms with Crippen molar-refractivity contribution in [2.24, 2.45) is 0 Å². The van der Waals surface area contributed by atoms with Crippen molar-refractivity contribution >= 4 is 17.3 Å². The second-order valence-corrected chi connectivity index (χ2v) is 6.18. The van der Waals surface area contributed by atoms with E-state index in [-0.39, 0.29) is 0 Å². The lowest BCUT2D eigenvalue weighted by Crippen LogP contribution is -1.93. The zero-order valence-electron chi connectivity index (χ0n) is 12.7. The van der Waals surface area contributed by atoms with Crippen molar-refractivity contribution in [1.82, 2.24) is 24.8 Å². The molecule has 0 aromatic carbocycles. The molecule has 25 heavy (non-hydrogen) atoms. The maximum Gasteiger partial charge on any atom is 0.141 e.